The van der Waals surface area contributed by atoms with Gasteiger partial charge in [-0.15, -0.1) is 0 Å². The molecule has 0 spiro atoms. The van der Waals surface area contributed by atoms with Crippen LogP contribution in [0, 0.1) is 0 Å². The van der Waals surface area contributed by atoms with Crippen molar-refractivity contribution in [2.75, 3.05) is 0 Å². The molecule has 1 atom stereocenters. The minimum atomic E-state index is -7.84. The van der Waals surface area contributed by atoms with Gasteiger partial charge in [0, 0.05) is 0 Å². The number of hydrogen-bond donors (Lipinski definition) is 0. The van der Waals surface area contributed by atoms with Gasteiger partial charge in [0.15, 0.2) is 0 Å². The summed E-state index contributed by atoms with van der Waals surface area (Å²) in [7, 11) is 0. The number of ether oxygens (including phenoxy) is 1. The number of hydrogen-bond acceptors (Lipinski definition) is 2. The summed E-state index contributed by atoms with van der Waals surface area (Å²) in [6.07, 6.45) is -38.0. The van der Waals surface area contributed by atoms with Crippen LogP contribution in [0.2, 0.25) is 0 Å². The van der Waals surface area contributed by atoms with Gasteiger partial charge in [0.1, 0.15) is 0 Å². The number of halogens is 16. The van der Waals surface area contributed by atoms with Gasteiger partial charge in [-0.05, 0) is 0 Å². The van der Waals surface area contributed by atoms with Crippen molar-refractivity contribution in [1.29, 1.82) is 0 Å². The summed E-state index contributed by atoms with van der Waals surface area (Å²) < 4.78 is 197. The molecule has 0 aliphatic heterocycles. The molecule has 0 N–H and O–H groups in total. The standard InChI is InChI=1S/C8F16O2/c9-2(4(11,12)13,5(14,15)16)1(25)3(10,6(17,18)19)26-8(23,24)7(20,21)22. The number of alkyl halides is 16. The van der Waals surface area contributed by atoms with E-state index in [1.165, 1.54) is 4.74 Å². The van der Waals surface area contributed by atoms with Gasteiger partial charge >= 0.3 is 42.3 Å². The Morgan fingerprint density at radius 1 is 0.500 bits per heavy atom. The molecule has 0 rings (SSSR count). The van der Waals surface area contributed by atoms with Crippen LogP contribution in [0.5, 0.6) is 0 Å². The van der Waals surface area contributed by atoms with Gasteiger partial charge in [-0.1, -0.05) is 0 Å². The van der Waals surface area contributed by atoms with Gasteiger partial charge in [0.25, 0.3) is 5.78 Å². The summed E-state index contributed by atoms with van der Waals surface area (Å²) >= 11 is 0. The zero-order valence-corrected chi connectivity index (χ0v) is 10.9. The molecule has 1 unspecified atom stereocenters. The molecule has 0 bridgehead atoms. The van der Waals surface area contributed by atoms with E-state index >= 15 is 0 Å². The first-order valence-corrected chi connectivity index (χ1v) is 5.14. The first-order valence-electron chi connectivity index (χ1n) is 5.14. The lowest BCUT2D eigenvalue weighted by atomic mass is 9.92. The van der Waals surface area contributed by atoms with Crippen molar-refractivity contribution in [3.05, 3.63) is 0 Å². The highest BCUT2D eigenvalue weighted by Gasteiger charge is 2.86. The quantitative estimate of drug-likeness (QED) is 0.598. The second-order valence-electron chi connectivity index (χ2n) is 4.19. The van der Waals surface area contributed by atoms with E-state index < -0.39 is 48.1 Å². The van der Waals surface area contributed by atoms with Crippen LogP contribution in [0.4, 0.5) is 70.2 Å². The molecule has 0 heterocycles. The summed E-state index contributed by atoms with van der Waals surface area (Å²) in [5, 5.41) is 0. The molecular weight excluding hydrogens is 432 g/mol. The van der Waals surface area contributed by atoms with Crippen LogP contribution < -0.4 is 0 Å². The van der Waals surface area contributed by atoms with Crippen LogP contribution in [0.25, 0.3) is 0 Å². The molecule has 0 aromatic carbocycles. The topological polar surface area (TPSA) is 26.3 Å². The number of carbonyl (C=O) groups is 1. The van der Waals surface area contributed by atoms with Gasteiger partial charge in [0.2, 0.25) is 0 Å². The van der Waals surface area contributed by atoms with Gasteiger partial charge in [-0.3, -0.25) is 9.53 Å². The van der Waals surface area contributed by atoms with Gasteiger partial charge in [-0.25, -0.2) is 4.39 Å². The molecule has 0 aromatic rings. The fourth-order valence-corrected chi connectivity index (χ4v) is 1.11. The van der Waals surface area contributed by atoms with Crippen LogP contribution in [0.3, 0.4) is 0 Å². The number of Topliss-reactive ketones (excluding diaryl/α,β-unsaturated/α-hetero) is 1. The molecule has 0 radical (unpaired) electrons. The maximum Gasteiger partial charge on any atom is 0.483 e. The van der Waals surface area contributed by atoms with Crippen molar-refractivity contribution in [3.63, 3.8) is 0 Å². The molecule has 0 fully saturated rings. The second kappa shape index (κ2) is 6.01. The van der Waals surface area contributed by atoms with Gasteiger partial charge in [0.05, 0.1) is 0 Å². The zero-order valence-electron chi connectivity index (χ0n) is 10.9. The lowest BCUT2D eigenvalue weighted by molar-refractivity contribution is -0.462. The first kappa shape index (κ1) is 24.5. The number of carbonyl (C=O) groups excluding carboxylic acids is 1. The Morgan fingerprint density at radius 3 is 1.00 bits per heavy atom. The summed E-state index contributed by atoms with van der Waals surface area (Å²) in [5.41, 5.74) is -7.84. The molecular formula is C8F16O2. The molecule has 18 heteroatoms. The Kier molecular flexibility index (Phi) is 5.67. The Morgan fingerprint density at radius 2 is 0.808 bits per heavy atom. The third-order valence-corrected chi connectivity index (χ3v) is 2.35. The van der Waals surface area contributed by atoms with E-state index in [1.54, 1.807) is 0 Å². The summed E-state index contributed by atoms with van der Waals surface area (Å²) in [6, 6.07) is 0. The van der Waals surface area contributed by atoms with Crippen molar-refractivity contribution in [2.45, 2.75) is 42.3 Å². The first-order chi connectivity index (χ1) is 10.9. The molecule has 156 valence electrons. The van der Waals surface area contributed by atoms with Crippen LogP contribution in [0.15, 0.2) is 0 Å². The average Bonchev–Trinajstić information content (AvgIpc) is 2.30. The third-order valence-electron chi connectivity index (χ3n) is 2.35. The number of rotatable bonds is 4. The van der Waals surface area contributed by atoms with Gasteiger partial charge in [-0.2, -0.15) is 65.9 Å². The summed E-state index contributed by atoms with van der Waals surface area (Å²) in [4.78, 5) is 10.7. The Hall–Kier alpha value is -1.49. The third kappa shape index (κ3) is 3.78. The van der Waals surface area contributed by atoms with Crippen molar-refractivity contribution in [2.24, 2.45) is 0 Å². The maximum atomic E-state index is 13.4. The number of ketones is 1. The van der Waals surface area contributed by atoms with E-state index in [1.807, 2.05) is 0 Å². The van der Waals surface area contributed by atoms with Crippen LogP contribution in [0.1, 0.15) is 0 Å². The highest BCUT2D eigenvalue weighted by molar-refractivity contribution is 5.96. The van der Waals surface area contributed by atoms with E-state index in [0.717, 1.165) is 0 Å². The Balaban J connectivity index is 6.66. The fraction of sp³-hybridized carbons (Fsp3) is 0.875. The van der Waals surface area contributed by atoms with E-state index in [2.05, 4.69) is 0 Å². The molecule has 0 saturated heterocycles. The zero-order chi connectivity index (χ0) is 21.8. The predicted molar refractivity (Wildman–Crippen MR) is 42.9 cm³/mol. The monoisotopic (exact) mass is 432 g/mol. The largest absolute Gasteiger partial charge is 0.483 e. The van der Waals surface area contributed by atoms with Crippen molar-refractivity contribution in [1.82, 2.24) is 0 Å². The molecule has 0 aliphatic rings. The highest BCUT2D eigenvalue weighted by Crippen LogP contribution is 2.54. The molecule has 0 aromatic heterocycles. The molecule has 0 amide bonds. The fourth-order valence-electron chi connectivity index (χ4n) is 1.11. The van der Waals surface area contributed by atoms with E-state index in [9.17, 15) is 75.0 Å². The lowest BCUT2D eigenvalue weighted by Crippen LogP contribution is -2.69. The Labute approximate surface area is 129 Å². The smallest absolute Gasteiger partial charge is 0.288 e. The van der Waals surface area contributed by atoms with E-state index in [-0.39, 0.29) is 0 Å². The second-order valence-corrected chi connectivity index (χ2v) is 4.19. The van der Waals surface area contributed by atoms with E-state index in [0.29, 0.717) is 0 Å². The minimum absolute atomic E-state index is 1.31. The summed E-state index contributed by atoms with van der Waals surface area (Å²) in [6.45, 7) is 0. The Bertz CT molecular complexity index is 520. The minimum Gasteiger partial charge on any atom is -0.288 e. The van der Waals surface area contributed by atoms with Crippen molar-refractivity contribution in [3.8, 4) is 0 Å². The normalized spacial score (nSPS) is 17.8. The molecule has 26 heavy (non-hydrogen) atoms. The summed E-state index contributed by atoms with van der Waals surface area (Å²) in [5.74, 6) is -13.2. The molecule has 0 saturated carbocycles. The SMILES string of the molecule is O=C(C(F)(OC(F)(F)C(F)(F)F)C(F)(F)F)C(F)(C(F)(F)F)C(F)(F)F. The molecule has 0 aliphatic carbocycles. The van der Waals surface area contributed by atoms with Crippen molar-refractivity contribution >= 4 is 5.78 Å². The van der Waals surface area contributed by atoms with E-state index in [4.69, 9.17) is 0 Å². The average molecular weight is 432 g/mol. The predicted octanol–water partition coefficient (Wildman–Crippen LogP) is 4.79. The van der Waals surface area contributed by atoms with Gasteiger partial charge < -0.3 is 0 Å². The van der Waals surface area contributed by atoms with Crippen LogP contribution in [-0.4, -0.2) is 48.1 Å². The molecule has 2 nitrogen and oxygen atoms in total. The lowest BCUT2D eigenvalue weighted by Gasteiger charge is -2.36. The highest BCUT2D eigenvalue weighted by atomic mass is 19.4. The van der Waals surface area contributed by atoms with Crippen LogP contribution >= 0.6 is 0 Å². The van der Waals surface area contributed by atoms with Crippen molar-refractivity contribution < 1.29 is 79.8 Å². The van der Waals surface area contributed by atoms with Crippen LogP contribution in [-0.2, 0) is 9.53 Å². The maximum absolute atomic E-state index is 13.4.